The molecule has 3 aromatic carbocycles. The van der Waals surface area contributed by atoms with Gasteiger partial charge in [-0.2, -0.15) is 0 Å². The first-order valence-corrected chi connectivity index (χ1v) is 19.0. The topological polar surface area (TPSA) is 90.4 Å². The molecule has 7 atom stereocenters. The van der Waals surface area contributed by atoms with E-state index in [-0.39, 0.29) is 47.5 Å². The first-order valence-electron chi connectivity index (χ1n) is 16.8. The summed E-state index contributed by atoms with van der Waals surface area (Å²) < 4.78 is 4.70. The number of rotatable bonds is 14. The highest BCUT2D eigenvalue weighted by atomic mass is 79.9. The highest BCUT2D eigenvalue weighted by Gasteiger charge is 2.76. The normalized spacial score (nSPS) is 25.6. The second kappa shape index (κ2) is 15.4. The number of halogens is 2. The average Bonchev–Trinajstić information content (AvgIpc) is 3.72. The van der Waals surface area contributed by atoms with E-state index in [4.69, 9.17) is 16.3 Å². The zero-order chi connectivity index (χ0) is 35.6. The van der Waals surface area contributed by atoms with Gasteiger partial charge >= 0.3 is 0 Å². The molecule has 0 saturated carbocycles. The molecule has 3 heterocycles. The molecule has 3 aromatic rings. The van der Waals surface area contributed by atoms with Crippen molar-refractivity contribution >= 4 is 68.4 Å². The summed E-state index contributed by atoms with van der Waals surface area (Å²) in [4.78, 5) is 49.8. The molecule has 2 bridgehead atoms. The van der Waals surface area contributed by atoms with E-state index in [0.717, 1.165) is 5.56 Å². The van der Waals surface area contributed by atoms with E-state index in [1.54, 1.807) is 62.9 Å². The molecule has 11 heteroatoms. The van der Waals surface area contributed by atoms with Crippen LogP contribution in [0.3, 0.4) is 0 Å². The van der Waals surface area contributed by atoms with Crippen molar-refractivity contribution in [1.82, 2.24) is 4.90 Å². The van der Waals surface area contributed by atoms with E-state index in [9.17, 15) is 9.90 Å². The van der Waals surface area contributed by atoms with Crippen LogP contribution in [0, 0.1) is 11.8 Å². The van der Waals surface area contributed by atoms with E-state index in [2.05, 4.69) is 29.1 Å². The number of aliphatic hydroxyl groups is 1. The summed E-state index contributed by atoms with van der Waals surface area (Å²) in [5, 5.41) is 11.2. The standard InChI is InChI=1S/C39H41BrClN3O5S/c1-4-20-42(28-16-18-30(19-17-28)49-6-3)36(46)32-33-37(47)44(29(24-45)22-25-10-8-7-9-11-25)35(39(33)23-31(40)34(32)50-39)38(48)43(21-5-2)27-14-12-26(41)13-15-27/h4-5,7-19,29,31-35,45H,1-2,6,20-24H2,3H3/t29-,31?,32-,33+,34-,35?,39?/m1/s1. The summed E-state index contributed by atoms with van der Waals surface area (Å²) in [5.74, 6) is -1.59. The fourth-order valence-corrected chi connectivity index (χ4v) is 11.6. The zero-order valence-corrected chi connectivity index (χ0v) is 31.0. The smallest absolute Gasteiger partial charge is 0.251 e. The molecule has 6 rings (SSSR count). The summed E-state index contributed by atoms with van der Waals surface area (Å²) in [7, 11) is 0. The Morgan fingerprint density at radius 1 is 1.02 bits per heavy atom. The number of benzene rings is 3. The minimum Gasteiger partial charge on any atom is -0.494 e. The van der Waals surface area contributed by atoms with Gasteiger partial charge in [0, 0.05) is 39.6 Å². The first kappa shape index (κ1) is 36.2. The first-order chi connectivity index (χ1) is 24.2. The molecule has 0 aliphatic carbocycles. The fraction of sp³-hybridized carbons (Fsp3) is 0.359. The van der Waals surface area contributed by atoms with Crippen molar-refractivity contribution in [2.24, 2.45) is 11.8 Å². The van der Waals surface area contributed by atoms with Gasteiger partial charge in [0.1, 0.15) is 11.8 Å². The van der Waals surface area contributed by atoms with Crippen molar-refractivity contribution in [1.29, 1.82) is 0 Å². The Morgan fingerprint density at radius 2 is 1.62 bits per heavy atom. The van der Waals surface area contributed by atoms with E-state index in [0.29, 0.717) is 41.6 Å². The maximum atomic E-state index is 15.1. The third kappa shape index (κ3) is 6.51. The third-order valence-electron chi connectivity index (χ3n) is 9.92. The molecule has 0 radical (unpaired) electrons. The number of thioether (sulfide) groups is 1. The number of ether oxygens (including phenoxy) is 1. The number of fused-ring (bicyclic) bond motifs is 1. The molecule has 3 amide bonds. The predicted octanol–water partition coefficient (Wildman–Crippen LogP) is 6.55. The molecule has 1 N–H and O–H groups in total. The van der Waals surface area contributed by atoms with Crippen LogP contribution < -0.4 is 14.5 Å². The lowest BCUT2D eigenvalue weighted by atomic mass is 9.70. The Balaban J connectivity index is 1.45. The second-order valence-electron chi connectivity index (χ2n) is 12.8. The molecule has 50 heavy (non-hydrogen) atoms. The Bertz CT molecular complexity index is 1730. The van der Waals surface area contributed by atoms with Gasteiger partial charge in [0.2, 0.25) is 11.8 Å². The van der Waals surface area contributed by atoms with Gasteiger partial charge in [0.15, 0.2) is 0 Å². The molecule has 8 nitrogen and oxygen atoms in total. The molecular formula is C39H41BrClN3O5S. The van der Waals surface area contributed by atoms with Gasteiger partial charge in [-0.25, -0.2) is 0 Å². The van der Waals surface area contributed by atoms with Crippen LogP contribution in [0.15, 0.2) is 104 Å². The van der Waals surface area contributed by atoms with E-state index >= 15 is 9.59 Å². The maximum absolute atomic E-state index is 15.1. The van der Waals surface area contributed by atoms with Crippen LogP contribution in [0.1, 0.15) is 18.9 Å². The fourth-order valence-electron chi connectivity index (χ4n) is 7.90. The molecule has 3 unspecified atom stereocenters. The lowest BCUT2D eigenvalue weighted by molar-refractivity contribution is -0.141. The Kier molecular flexibility index (Phi) is 11.1. The molecule has 0 aromatic heterocycles. The number of aliphatic hydroxyl groups excluding tert-OH is 1. The Hall–Kier alpha value is -3.57. The molecule has 3 fully saturated rings. The number of amides is 3. The van der Waals surface area contributed by atoms with Crippen LogP contribution in [0.2, 0.25) is 5.02 Å². The lowest BCUT2D eigenvalue weighted by Gasteiger charge is -2.40. The van der Waals surface area contributed by atoms with Gasteiger partial charge in [0.25, 0.3) is 5.91 Å². The van der Waals surface area contributed by atoms with Crippen molar-refractivity contribution in [3.63, 3.8) is 0 Å². The monoisotopic (exact) mass is 777 g/mol. The number of likely N-dealkylation sites (tertiary alicyclic amines) is 1. The van der Waals surface area contributed by atoms with E-state index in [1.165, 1.54) is 0 Å². The van der Waals surface area contributed by atoms with Gasteiger partial charge in [0.05, 0.1) is 35.8 Å². The van der Waals surface area contributed by atoms with Crippen LogP contribution in [0.25, 0.3) is 0 Å². The van der Waals surface area contributed by atoms with Gasteiger partial charge in [-0.3, -0.25) is 14.4 Å². The van der Waals surface area contributed by atoms with Gasteiger partial charge in [-0.1, -0.05) is 70.0 Å². The van der Waals surface area contributed by atoms with Crippen molar-refractivity contribution < 1.29 is 24.2 Å². The maximum Gasteiger partial charge on any atom is 0.251 e. The predicted molar refractivity (Wildman–Crippen MR) is 204 cm³/mol. The number of alkyl halides is 1. The average molecular weight is 779 g/mol. The lowest BCUT2D eigenvalue weighted by Crippen LogP contribution is -2.58. The molecule has 3 aliphatic heterocycles. The van der Waals surface area contributed by atoms with Crippen LogP contribution in [0.4, 0.5) is 11.4 Å². The summed E-state index contributed by atoms with van der Waals surface area (Å²) in [6.07, 6.45) is 4.18. The van der Waals surface area contributed by atoms with E-state index in [1.807, 2.05) is 61.5 Å². The van der Waals surface area contributed by atoms with Crippen LogP contribution in [0.5, 0.6) is 5.75 Å². The zero-order valence-electron chi connectivity index (χ0n) is 27.9. The minimum absolute atomic E-state index is 0.128. The SMILES string of the molecule is C=CCN(C(=O)C1N([C@@H](CO)Cc2ccccc2)C(=O)[C@@H]2[C@@H](C(=O)N(CC=C)c3ccc(OCC)cc3)[C@@H]3SC12CC3Br)c1ccc(Cl)cc1. The summed E-state index contributed by atoms with van der Waals surface area (Å²) >= 11 is 11.7. The summed E-state index contributed by atoms with van der Waals surface area (Å²) in [6.45, 7) is 10.3. The highest BCUT2D eigenvalue weighted by Crippen LogP contribution is 2.68. The van der Waals surface area contributed by atoms with Crippen molar-refractivity contribution in [3.05, 3.63) is 115 Å². The number of hydrogen-bond acceptors (Lipinski definition) is 6. The van der Waals surface area contributed by atoms with Crippen molar-refractivity contribution in [2.45, 2.75) is 46.7 Å². The van der Waals surface area contributed by atoms with Crippen LogP contribution >= 0.6 is 39.3 Å². The quantitative estimate of drug-likeness (QED) is 0.148. The number of hydrogen-bond donors (Lipinski definition) is 1. The molecule has 3 aliphatic rings. The third-order valence-corrected chi connectivity index (χ3v) is 13.4. The second-order valence-corrected chi connectivity index (χ2v) is 16.0. The number of carbonyl (C=O) groups excluding carboxylic acids is 3. The van der Waals surface area contributed by atoms with Gasteiger partial charge in [-0.15, -0.1) is 24.9 Å². The summed E-state index contributed by atoms with van der Waals surface area (Å²) in [5.41, 5.74) is 2.21. The van der Waals surface area contributed by atoms with Gasteiger partial charge in [-0.05, 0) is 73.9 Å². The van der Waals surface area contributed by atoms with Crippen molar-refractivity contribution in [2.75, 3.05) is 36.1 Å². The molecule has 1 spiro atoms. The Morgan fingerprint density at radius 3 is 2.20 bits per heavy atom. The molecule has 3 saturated heterocycles. The van der Waals surface area contributed by atoms with E-state index < -0.39 is 28.7 Å². The summed E-state index contributed by atoms with van der Waals surface area (Å²) in [6, 6.07) is 22.3. The van der Waals surface area contributed by atoms with Crippen molar-refractivity contribution in [3.8, 4) is 5.75 Å². The molecule has 262 valence electrons. The van der Waals surface area contributed by atoms with Crippen LogP contribution in [-0.4, -0.2) is 80.9 Å². The van der Waals surface area contributed by atoms with Gasteiger partial charge < -0.3 is 24.5 Å². The van der Waals surface area contributed by atoms with Crippen LogP contribution in [-0.2, 0) is 20.8 Å². The Labute approximate surface area is 311 Å². The highest BCUT2D eigenvalue weighted by molar-refractivity contribution is 9.09. The largest absolute Gasteiger partial charge is 0.494 e. The number of carbonyl (C=O) groups is 3. The molecular weight excluding hydrogens is 738 g/mol. The number of anilines is 2. The number of nitrogens with zero attached hydrogens (tertiary/aromatic N) is 3. The minimum atomic E-state index is -0.956.